The molecule has 7 heteroatoms. The van der Waals surface area contributed by atoms with Gasteiger partial charge in [0.25, 0.3) is 0 Å². The van der Waals surface area contributed by atoms with E-state index in [2.05, 4.69) is 0 Å². The molecule has 6 nitrogen and oxygen atoms in total. The van der Waals surface area contributed by atoms with Crippen molar-refractivity contribution in [2.45, 2.75) is 51.0 Å². The Hall–Kier alpha value is -2.39. The van der Waals surface area contributed by atoms with Crippen LogP contribution in [-0.4, -0.2) is 29.1 Å². The van der Waals surface area contributed by atoms with E-state index >= 15 is 0 Å². The highest BCUT2D eigenvalue weighted by atomic mass is 32.2. The molecule has 0 amide bonds. The molecule has 1 saturated carbocycles. The third-order valence-electron chi connectivity index (χ3n) is 6.16. The molecule has 0 heterocycles. The lowest BCUT2D eigenvalue weighted by Gasteiger charge is -2.40. The first-order chi connectivity index (χ1) is 17.2. The standard InChI is InChI=1S/C28H33NO5S/c29-35(30)34-26-16-25(21-31-18-22-10-4-1-5-11-22)28(33-20-24-14-8-3-9-15-24)27(17-26)32-19-23-12-6-2-7-13-23/h1-15,25-28H,16-21,29H2/t25?,26-,27?,28+,35?/m0/s1. The van der Waals surface area contributed by atoms with Crippen molar-refractivity contribution < 1.29 is 22.6 Å². The Kier molecular flexibility index (Phi) is 10.0. The van der Waals surface area contributed by atoms with Crippen LogP contribution in [0, 0.1) is 5.92 Å². The first kappa shape index (κ1) is 25.7. The minimum atomic E-state index is -1.85. The van der Waals surface area contributed by atoms with E-state index in [9.17, 15) is 4.21 Å². The Morgan fingerprint density at radius 1 is 0.714 bits per heavy atom. The normalized spacial score (nSPS) is 23.1. The molecule has 1 aliphatic carbocycles. The van der Waals surface area contributed by atoms with E-state index in [1.807, 2.05) is 91.0 Å². The molecular formula is C28H33NO5S. The molecule has 2 N–H and O–H groups in total. The van der Waals surface area contributed by atoms with Gasteiger partial charge in [-0.3, -0.25) is 4.18 Å². The fourth-order valence-electron chi connectivity index (χ4n) is 4.49. The molecule has 0 spiro atoms. The van der Waals surface area contributed by atoms with Gasteiger partial charge < -0.3 is 14.2 Å². The highest BCUT2D eigenvalue weighted by Gasteiger charge is 2.40. The van der Waals surface area contributed by atoms with Crippen LogP contribution >= 0.6 is 0 Å². The largest absolute Gasteiger partial charge is 0.376 e. The van der Waals surface area contributed by atoms with Crippen LogP contribution in [-0.2, 0) is 49.5 Å². The molecule has 35 heavy (non-hydrogen) atoms. The van der Waals surface area contributed by atoms with Crippen LogP contribution in [0.4, 0.5) is 0 Å². The molecule has 0 aromatic heterocycles. The lowest BCUT2D eigenvalue weighted by Crippen LogP contribution is -2.48. The van der Waals surface area contributed by atoms with Gasteiger partial charge in [0.2, 0.25) is 11.3 Å². The summed E-state index contributed by atoms with van der Waals surface area (Å²) in [5.74, 6) is -0.00880. The number of rotatable bonds is 12. The quantitative estimate of drug-likeness (QED) is 0.394. The first-order valence-electron chi connectivity index (χ1n) is 11.9. The van der Waals surface area contributed by atoms with E-state index in [4.69, 9.17) is 23.5 Å². The molecule has 3 aromatic rings. The monoisotopic (exact) mass is 495 g/mol. The number of nitrogens with two attached hydrogens (primary N) is 1. The Balaban J connectivity index is 1.48. The zero-order valence-electron chi connectivity index (χ0n) is 19.7. The van der Waals surface area contributed by atoms with Crippen LogP contribution in [0.2, 0.25) is 0 Å². The molecule has 5 atom stereocenters. The van der Waals surface area contributed by atoms with Gasteiger partial charge in [-0.2, -0.15) is 0 Å². The van der Waals surface area contributed by atoms with E-state index in [0.717, 1.165) is 16.7 Å². The predicted octanol–water partition coefficient (Wildman–Crippen LogP) is 4.71. The van der Waals surface area contributed by atoms with Crippen molar-refractivity contribution in [2.75, 3.05) is 6.61 Å². The summed E-state index contributed by atoms with van der Waals surface area (Å²) in [5.41, 5.74) is 3.29. The van der Waals surface area contributed by atoms with Crippen molar-refractivity contribution in [3.63, 3.8) is 0 Å². The average molecular weight is 496 g/mol. The van der Waals surface area contributed by atoms with E-state index in [-0.39, 0.29) is 24.2 Å². The van der Waals surface area contributed by atoms with Crippen molar-refractivity contribution in [3.05, 3.63) is 108 Å². The van der Waals surface area contributed by atoms with Gasteiger partial charge in [-0.05, 0) is 23.1 Å². The number of ether oxygens (including phenoxy) is 3. The maximum Gasteiger partial charge on any atom is 0.231 e. The topological polar surface area (TPSA) is 80.0 Å². The van der Waals surface area contributed by atoms with Gasteiger partial charge in [-0.25, -0.2) is 9.35 Å². The molecule has 1 fully saturated rings. The summed E-state index contributed by atoms with van der Waals surface area (Å²) in [6, 6.07) is 30.2. The average Bonchev–Trinajstić information content (AvgIpc) is 2.88. The number of hydrogen-bond acceptors (Lipinski definition) is 5. The SMILES string of the molecule is NS(=O)O[C@H]1CC(COCc2ccccc2)[C@@H](OCc2ccccc2)C(OCc2ccccc2)C1. The minimum Gasteiger partial charge on any atom is -0.376 e. The van der Waals surface area contributed by atoms with Gasteiger partial charge in [0.1, 0.15) is 0 Å². The lowest BCUT2D eigenvalue weighted by atomic mass is 9.82. The maximum absolute atomic E-state index is 11.7. The molecule has 1 aliphatic rings. The summed E-state index contributed by atoms with van der Waals surface area (Å²) in [4.78, 5) is 0. The van der Waals surface area contributed by atoms with Gasteiger partial charge in [0.05, 0.1) is 44.7 Å². The molecule has 0 aliphatic heterocycles. The Morgan fingerprint density at radius 3 is 1.77 bits per heavy atom. The van der Waals surface area contributed by atoms with Gasteiger partial charge in [0.15, 0.2) is 0 Å². The zero-order chi connectivity index (χ0) is 24.3. The van der Waals surface area contributed by atoms with Crippen LogP contribution < -0.4 is 5.14 Å². The second kappa shape index (κ2) is 13.6. The van der Waals surface area contributed by atoms with E-state index in [1.165, 1.54) is 0 Å². The molecule has 3 aromatic carbocycles. The molecule has 4 rings (SSSR count). The third-order valence-corrected chi connectivity index (χ3v) is 6.62. The van der Waals surface area contributed by atoms with Gasteiger partial charge >= 0.3 is 0 Å². The van der Waals surface area contributed by atoms with Crippen LogP contribution in [0.3, 0.4) is 0 Å². The van der Waals surface area contributed by atoms with Crippen molar-refractivity contribution >= 4 is 11.3 Å². The molecular weight excluding hydrogens is 462 g/mol. The smallest absolute Gasteiger partial charge is 0.231 e. The van der Waals surface area contributed by atoms with Gasteiger partial charge in [-0.15, -0.1) is 0 Å². The summed E-state index contributed by atoms with van der Waals surface area (Å²) in [6.45, 7) is 1.90. The zero-order valence-corrected chi connectivity index (χ0v) is 20.6. The fraction of sp³-hybridized carbons (Fsp3) is 0.357. The summed E-state index contributed by atoms with van der Waals surface area (Å²) >= 11 is -1.85. The Bertz CT molecular complexity index is 1020. The summed E-state index contributed by atoms with van der Waals surface area (Å²) in [6.07, 6.45) is 0.406. The van der Waals surface area contributed by atoms with Crippen LogP contribution in [0.5, 0.6) is 0 Å². The first-order valence-corrected chi connectivity index (χ1v) is 13.1. The van der Waals surface area contributed by atoms with Crippen LogP contribution in [0.25, 0.3) is 0 Å². The van der Waals surface area contributed by atoms with Crippen molar-refractivity contribution in [2.24, 2.45) is 11.1 Å². The molecule has 0 radical (unpaired) electrons. The van der Waals surface area contributed by atoms with Crippen molar-refractivity contribution in [3.8, 4) is 0 Å². The number of hydrogen-bond donors (Lipinski definition) is 1. The van der Waals surface area contributed by atoms with Gasteiger partial charge in [0, 0.05) is 12.3 Å². The van der Waals surface area contributed by atoms with Crippen LogP contribution in [0.15, 0.2) is 91.0 Å². The summed E-state index contributed by atoms with van der Waals surface area (Å²) in [7, 11) is 0. The van der Waals surface area contributed by atoms with Crippen molar-refractivity contribution in [1.82, 2.24) is 0 Å². The second-order valence-corrected chi connectivity index (χ2v) is 9.52. The van der Waals surface area contributed by atoms with E-state index in [1.54, 1.807) is 0 Å². The molecule has 0 bridgehead atoms. The minimum absolute atomic E-state index is 0.00880. The Labute approximate surface area is 210 Å². The number of benzene rings is 3. The lowest BCUT2D eigenvalue weighted by molar-refractivity contribution is -0.157. The highest BCUT2D eigenvalue weighted by Crippen LogP contribution is 2.33. The molecule has 186 valence electrons. The van der Waals surface area contributed by atoms with Gasteiger partial charge in [-0.1, -0.05) is 91.0 Å². The van der Waals surface area contributed by atoms with Crippen molar-refractivity contribution in [1.29, 1.82) is 0 Å². The molecule has 0 saturated heterocycles. The third kappa shape index (κ3) is 8.35. The second-order valence-electron chi connectivity index (χ2n) is 8.81. The van der Waals surface area contributed by atoms with Crippen LogP contribution in [0.1, 0.15) is 29.5 Å². The Morgan fingerprint density at radius 2 is 1.23 bits per heavy atom. The highest BCUT2D eigenvalue weighted by molar-refractivity contribution is 7.77. The maximum atomic E-state index is 11.7. The predicted molar refractivity (Wildman–Crippen MR) is 136 cm³/mol. The molecule has 3 unspecified atom stereocenters. The summed E-state index contributed by atoms with van der Waals surface area (Å²) in [5, 5.41) is 5.47. The van der Waals surface area contributed by atoms with E-state index in [0.29, 0.717) is 39.3 Å². The summed E-state index contributed by atoms with van der Waals surface area (Å²) < 4.78 is 36.2. The van der Waals surface area contributed by atoms with E-state index < -0.39 is 11.3 Å². The fourth-order valence-corrected chi connectivity index (χ4v) is 4.92.